The molecule has 0 saturated heterocycles. The molecule has 0 aliphatic heterocycles. The van der Waals surface area contributed by atoms with Crippen LogP contribution in [-0.4, -0.2) is 58.4 Å². The summed E-state index contributed by atoms with van der Waals surface area (Å²) in [6.45, 7) is 3.97. The Balaban J connectivity index is 0. The Kier molecular flexibility index (Phi) is 8.58. The molecule has 0 aliphatic carbocycles. The van der Waals surface area contributed by atoms with E-state index in [1.165, 1.54) is 0 Å². The van der Waals surface area contributed by atoms with Gasteiger partial charge in [0.25, 0.3) is 0 Å². The Hall–Kier alpha value is -1.16. The Morgan fingerprint density at radius 1 is 1.47 bits per heavy atom. The molecule has 17 heavy (non-hydrogen) atoms. The lowest BCUT2D eigenvalue weighted by molar-refractivity contribution is -0.905. The fraction of sp³-hybridized carbons (Fsp3) is 0.625. The van der Waals surface area contributed by atoms with Crippen molar-refractivity contribution in [2.24, 2.45) is 0 Å². The molecule has 102 valence electrons. The van der Waals surface area contributed by atoms with Crippen LogP contribution in [0.1, 0.15) is 0 Å². The molecule has 0 aromatic carbocycles. The molecule has 0 saturated carbocycles. The first-order valence-electron chi connectivity index (χ1n) is 4.51. The van der Waals surface area contributed by atoms with Crippen molar-refractivity contribution >= 4 is 16.4 Å². The molecule has 0 fully saturated rings. The third-order valence-corrected chi connectivity index (χ3v) is 1.46. The van der Waals surface area contributed by atoms with Gasteiger partial charge in [-0.2, -0.15) is 5.43 Å². The lowest BCUT2D eigenvalue weighted by atomic mass is 10.6. The summed E-state index contributed by atoms with van der Waals surface area (Å²) in [5.41, 5.74) is 2.69. The van der Waals surface area contributed by atoms with E-state index in [0.29, 0.717) is 11.1 Å². The minimum Gasteiger partial charge on any atom is -0.726 e. The van der Waals surface area contributed by atoms with Crippen molar-refractivity contribution in [3.8, 4) is 0 Å². The van der Waals surface area contributed by atoms with Crippen LogP contribution in [-0.2, 0) is 14.6 Å². The zero-order valence-electron chi connectivity index (χ0n) is 10.4. The van der Waals surface area contributed by atoms with Gasteiger partial charge in [-0.25, -0.2) is 17.8 Å². The molecule has 0 spiro atoms. The highest BCUT2D eigenvalue weighted by atomic mass is 32.3. The van der Waals surface area contributed by atoms with Gasteiger partial charge in [0.05, 0.1) is 28.3 Å². The molecular weight excluding hydrogens is 250 g/mol. The molecule has 0 radical (unpaired) electrons. The van der Waals surface area contributed by atoms with Crippen molar-refractivity contribution in [3.05, 3.63) is 12.7 Å². The van der Waals surface area contributed by atoms with Gasteiger partial charge in [-0.15, -0.1) is 6.58 Å². The topological polar surface area (TPSA) is 108 Å². The number of nitrogens with one attached hydrogen (secondary N) is 2. The van der Waals surface area contributed by atoms with Gasteiger partial charge >= 0.3 is 6.03 Å². The summed E-state index contributed by atoms with van der Waals surface area (Å²) in [5, 5.41) is 2.61. The highest BCUT2D eigenvalue weighted by molar-refractivity contribution is 7.80. The molecule has 0 aromatic heterocycles. The normalized spacial score (nSPS) is 10.9. The van der Waals surface area contributed by atoms with Gasteiger partial charge in [0, 0.05) is 6.54 Å². The number of rotatable bonds is 4. The van der Waals surface area contributed by atoms with Gasteiger partial charge in [-0.3, -0.25) is 4.18 Å². The summed E-state index contributed by atoms with van der Waals surface area (Å²) in [6.07, 6.45) is 1.63. The van der Waals surface area contributed by atoms with Crippen LogP contribution >= 0.6 is 0 Å². The van der Waals surface area contributed by atoms with Gasteiger partial charge in [0.1, 0.15) is 0 Å². The minimum atomic E-state index is -4.41. The lowest BCUT2D eigenvalue weighted by Gasteiger charge is -2.23. The zero-order chi connectivity index (χ0) is 14.1. The fourth-order valence-electron chi connectivity index (χ4n) is 0.509. The third kappa shape index (κ3) is 20.8. The standard InChI is InChI=1S/C7H15N3O.CH4O4S/c1-5-6-8-7(11)9-10(2,3)4;1-5-6(2,3)4/h5H,1,6H2,2-4H3,(H-,8,9,11);1H3,(H,2,3,4). The molecule has 0 aliphatic rings. The predicted octanol–water partition coefficient (Wildman–Crippen LogP) is -0.814. The second kappa shape index (κ2) is 8.01. The van der Waals surface area contributed by atoms with Crippen molar-refractivity contribution in [1.29, 1.82) is 0 Å². The van der Waals surface area contributed by atoms with E-state index in [1.54, 1.807) is 6.08 Å². The average Bonchev–Trinajstić information content (AvgIpc) is 2.12. The van der Waals surface area contributed by atoms with Crippen molar-refractivity contribution in [1.82, 2.24) is 10.7 Å². The second-order valence-corrected chi connectivity index (χ2v) is 4.85. The molecule has 0 heterocycles. The summed E-state index contributed by atoms with van der Waals surface area (Å²) in [5.74, 6) is 0. The van der Waals surface area contributed by atoms with Crippen LogP contribution in [0.5, 0.6) is 0 Å². The molecular formula is C8H19N3O5S. The van der Waals surface area contributed by atoms with E-state index in [4.69, 9.17) is 0 Å². The number of nitrogens with zero attached hydrogens (tertiary/aromatic N) is 1. The summed E-state index contributed by atoms with van der Waals surface area (Å²) in [6, 6.07) is -0.183. The van der Waals surface area contributed by atoms with Gasteiger partial charge in [0.15, 0.2) is 0 Å². The monoisotopic (exact) mass is 269 g/mol. The van der Waals surface area contributed by atoms with E-state index in [0.717, 1.165) is 7.11 Å². The summed E-state index contributed by atoms with van der Waals surface area (Å²) in [7, 11) is 2.00. The number of hydrogen-bond acceptors (Lipinski definition) is 5. The number of amides is 2. The van der Waals surface area contributed by atoms with Crippen LogP contribution in [0.2, 0.25) is 0 Å². The maximum Gasteiger partial charge on any atom is 0.359 e. The van der Waals surface area contributed by atoms with Crippen molar-refractivity contribution in [2.45, 2.75) is 0 Å². The van der Waals surface area contributed by atoms with Crippen LogP contribution in [0.4, 0.5) is 4.79 Å². The third-order valence-electron chi connectivity index (χ3n) is 1.05. The molecule has 8 nitrogen and oxygen atoms in total. The van der Waals surface area contributed by atoms with Gasteiger partial charge in [-0.05, 0) is 0 Å². The highest BCUT2D eigenvalue weighted by Gasteiger charge is 2.10. The van der Waals surface area contributed by atoms with Crippen LogP contribution < -0.4 is 10.7 Å². The van der Waals surface area contributed by atoms with Crippen LogP contribution in [0.3, 0.4) is 0 Å². The molecule has 2 amide bonds. The van der Waals surface area contributed by atoms with Crippen LogP contribution in [0, 0.1) is 0 Å². The average molecular weight is 269 g/mol. The van der Waals surface area contributed by atoms with Crippen molar-refractivity contribution in [2.75, 3.05) is 34.8 Å². The fourth-order valence-corrected chi connectivity index (χ4v) is 0.509. The minimum absolute atomic E-state index is 0.183. The van der Waals surface area contributed by atoms with E-state index in [1.807, 2.05) is 21.1 Å². The molecule has 0 unspecified atom stereocenters. The van der Waals surface area contributed by atoms with Crippen molar-refractivity contribution in [3.63, 3.8) is 0 Å². The number of carbonyl (C=O) groups is 1. The Bertz CT molecular complexity index is 334. The molecule has 0 rings (SSSR count). The highest BCUT2D eigenvalue weighted by Crippen LogP contribution is 1.80. The van der Waals surface area contributed by atoms with Gasteiger partial charge in [-0.1, -0.05) is 6.08 Å². The number of carbonyl (C=O) groups excluding carboxylic acids is 1. The molecule has 0 atom stereocenters. The smallest absolute Gasteiger partial charge is 0.359 e. The number of urea groups is 1. The van der Waals surface area contributed by atoms with Crippen LogP contribution in [0.25, 0.3) is 0 Å². The zero-order valence-corrected chi connectivity index (χ0v) is 11.2. The largest absolute Gasteiger partial charge is 0.726 e. The first-order valence-corrected chi connectivity index (χ1v) is 5.85. The van der Waals surface area contributed by atoms with Crippen molar-refractivity contribution < 1.29 is 26.5 Å². The molecule has 0 aromatic rings. The first-order chi connectivity index (χ1) is 7.52. The lowest BCUT2D eigenvalue weighted by Crippen LogP contribution is -2.54. The van der Waals surface area contributed by atoms with Crippen LogP contribution in [0.15, 0.2) is 12.7 Å². The van der Waals surface area contributed by atoms with E-state index in [2.05, 4.69) is 21.5 Å². The number of hydrogen-bond donors (Lipinski definition) is 2. The molecule has 2 N–H and O–H groups in total. The van der Waals surface area contributed by atoms with E-state index in [-0.39, 0.29) is 6.03 Å². The van der Waals surface area contributed by atoms with Gasteiger partial charge < -0.3 is 9.87 Å². The SMILES string of the molecule is C=CCNC(=O)N[N+](C)(C)C.COS(=O)(=O)[O-]. The quantitative estimate of drug-likeness (QED) is 0.228. The summed E-state index contributed by atoms with van der Waals surface area (Å²) in [4.78, 5) is 10.9. The maximum atomic E-state index is 10.9. The maximum absolute atomic E-state index is 10.9. The molecule has 0 bridgehead atoms. The van der Waals surface area contributed by atoms with E-state index in [9.17, 15) is 17.8 Å². The summed E-state index contributed by atoms with van der Waals surface area (Å²) < 4.78 is 31.4. The Labute approximate surface area is 102 Å². The molecule has 9 heteroatoms. The first kappa shape index (κ1) is 18.2. The summed E-state index contributed by atoms with van der Waals surface area (Å²) >= 11 is 0. The second-order valence-electron chi connectivity index (χ2n) is 3.70. The number of quaternary nitrogens is 1. The Morgan fingerprint density at radius 3 is 2.12 bits per heavy atom. The Morgan fingerprint density at radius 2 is 1.88 bits per heavy atom. The van der Waals surface area contributed by atoms with Gasteiger partial charge in [0.2, 0.25) is 10.4 Å². The predicted molar refractivity (Wildman–Crippen MR) is 61.5 cm³/mol. The van der Waals surface area contributed by atoms with E-state index < -0.39 is 10.4 Å². The van der Waals surface area contributed by atoms with E-state index >= 15 is 0 Å².